The Morgan fingerprint density at radius 2 is 1.70 bits per heavy atom. The van der Waals surface area contributed by atoms with Gasteiger partial charge in [-0.05, 0) is 37.1 Å². The summed E-state index contributed by atoms with van der Waals surface area (Å²) >= 11 is 5.77. The van der Waals surface area contributed by atoms with Gasteiger partial charge in [0.1, 0.15) is 0 Å². The van der Waals surface area contributed by atoms with Crippen LogP contribution in [0.4, 0.5) is 0 Å². The number of likely N-dealkylation sites (tertiary alicyclic amines) is 1. The van der Waals surface area contributed by atoms with Crippen molar-refractivity contribution in [2.75, 3.05) is 25.4 Å². The minimum atomic E-state index is -3.35. The summed E-state index contributed by atoms with van der Waals surface area (Å²) in [6.07, 6.45) is 4.65. The maximum Gasteiger partial charge on any atom is 0.191 e. The van der Waals surface area contributed by atoms with Gasteiger partial charge in [-0.15, -0.1) is 24.0 Å². The molecule has 1 saturated heterocycles. The lowest BCUT2D eigenvalue weighted by Gasteiger charge is -2.21. The van der Waals surface area contributed by atoms with Crippen LogP contribution < -0.4 is 5.73 Å². The Hall–Kier alpha value is -0.540. The molecule has 1 aromatic rings. The van der Waals surface area contributed by atoms with Crippen molar-refractivity contribution in [2.24, 2.45) is 10.7 Å². The molecule has 1 heterocycles. The van der Waals surface area contributed by atoms with Crippen molar-refractivity contribution in [1.29, 1.82) is 0 Å². The van der Waals surface area contributed by atoms with Gasteiger partial charge in [-0.25, -0.2) is 8.42 Å². The maximum absolute atomic E-state index is 12.2. The van der Waals surface area contributed by atoms with Crippen LogP contribution in [0.5, 0.6) is 0 Å². The highest BCUT2D eigenvalue weighted by molar-refractivity contribution is 14.0. The Morgan fingerprint density at radius 1 is 1.13 bits per heavy atom. The lowest BCUT2D eigenvalue weighted by Crippen LogP contribution is -2.38. The predicted molar refractivity (Wildman–Crippen MR) is 105 cm³/mol. The van der Waals surface area contributed by atoms with E-state index in [1.807, 2.05) is 4.90 Å². The van der Waals surface area contributed by atoms with E-state index in [1.165, 1.54) is 25.0 Å². The third-order valence-corrected chi connectivity index (χ3v) is 5.70. The largest absolute Gasteiger partial charge is 0.370 e. The molecule has 0 spiro atoms. The summed E-state index contributed by atoms with van der Waals surface area (Å²) in [6.45, 7) is 1.98. The van der Waals surface area contributed by atoms with Crippen molar-refractivity contribution >= 4 is 51.4 Å². The molecular formula is C15H23ClIN3O2S. The number of nitrogens with zero attached hydrogens (tertiary/aromatic N) is 2. The molecule has 8 heteroatoms. The highest BCUT2D eigenvalue weighted by Crippen LogP contribution is 2.15. The zero-order chi connectivity index (χ0) is 16.0. The molecular weight excluding hydrogens is 449 g/mol. The van der Waals surface area contributed by atoms with E-state index in [4.69, 9.17) is 17.3 Å². The average Bonchev–Trinajstić information content (AvgIpc) is 2.76. The van der Waals surface area contributed by atoms with Crippen LogP contribution in [0.2, 0.25) is 5.02 Å². The fraction of sp³-hybridized carbons (Fsp3) is 0.533. The topological polar surface area (TPSA) is 75.8 Å². The van der Waals surface area contributed by atoms with Gasteiger partial charge in [-0.2, -0.15) is 0 Å². The van der Waals surface area contributed by atoms with Gasteiger partial charge in [0.15, 0.2) is 15.8 Å². The number of sulfone groups is 1. The van der Waals surface area contributed by atoms with Gasteiger partial charge in [-0.3, -0.25) is 4.99 Å². The summed E-state index contributed by atoms with van der Waals surface area (Å²) in [5, 5.41) is 0.516. The van der Waals surface area contributed by atoms with E-state index >= 15 is 0 Å². The summed E-state index contributed by atoms with van der Waals surface area (Å²) in [5.74, 6) is 0.400. The molecule has 1 aliphatic rings. The number of hydrogen-bond acceptors (Lipinski definition) is 3. The second-order valence-corrected chi connectivity index (χ2v) is 7.96. The summed E-state index contributed by atoms with van der Waals surface area (Å²) in [7, 11) is -3.35. The fourth-order valence-electron chi connectivity index (χ4n) is 2.44. The predicted octanol–water partition coefficient (Wildman–Crippen LogP) is 2.92. The van der Waals surface area contributed by atoms with Gasteiger partial charge in [0, 0.05) is 18.1 Å². The fourth-order valence-corrected chi connectivity index (χ4v) is 3.68. The van der Waals surface area contributed by atoms with Crippen molar-refractivity contribution in [1.82, 2.24) is 4.90 Å². The quantitative estimate of drug-likeness (QED) is 0.416. The standard InChI is InChI=1S/C15H22ClN3O2S.HI/c16-13-5-7-14(8-6-13)22(20,21)12-9-18-15(17)19-10-3-1-2-4-11-19;/h5-8H,1-4,9-12H2,(H2,17,18);1H. The first-order valence-electron chi connectivity index (χ1n) is 7.52. The summed E-state index contributed by atoms with van der Waals surface area (Å²) in [4.78, 5) is 6.54. The van der Waals surface area contributed by atoms with Crippen molar-refractivity contribution in [2.45, 2.75) is 30.6 Å². The zero-order valence-corrected chi connectivity index (χ0v) is 16.9. The van der Waals surface area contributed by atoms with Gasteiger partial charge >= 0.3 is 0 Å². The molecule has 5 nitrogen and oxygen atoms in total. The molecule has 1 fully saturated rings. The van der Waals surface area contributed by atoms with Gasteiger partial charge in [-0.1, -0.05) is 24.4 Å². The lowest BCUT2D eigenvalue weighted by atomic mass is 10.2. The first kappa shape index (κ1) is 20.5. The highest BCUT2D eigenvalue weighted by Gasteiger charge is 2.15. The normalized spacial score (nSPS) is 16.6. The number of aliphatic imine (C=N–C) groups is 1. The maximum atomic E-state index is 12.2. The van der Waals surface area contributed by atoms with Crippen LogP contribution >= 0.6 is 35.6 Å². The van der Waals surface area contributed by atoms with E-state index in [2.05, 4.69) is 4.99 Å². The number of nitrogens with two attached hydrogens (primary N) is 1. The number of guanidine groups is 1. The molecule has 0 radical (unpaired) electrons. The molecule has 0 saturated carbocycles. The minimum Gasteiger partial charge on any atom is -0.370 e. The number of halogens is 2. The van der Waals surface area contributed by atoms with Gasteiger partial charge in [0.2, 0.25) is 0 Å². The van der Waals surface area contributed by atoms with E-state index in [0.717, 1.165) is 25.9 Å². The van der Waals surface area contributed by atoms with E-state index in [1.54, 1.807) is 12.1 Å². The Labute approximate surface area is 160 Å². The van der Waals surface area contributed by atoms with Gasteiger partial charge in [0.25, 0.3) is 0 Å². The second kappa shape index (κ2) is 9.68. The van der Waals surface area contributed by atoms with E-state index in [0.29, 0.717) is 11.0 Å². The van der Waals surface area contributed by atoms with E-state index in [9.17, 15) is 8.42 Å². The molecule has 1 aliphatic heterocycles. The molecule has 0 aliphatic carbocycles. The number of benzene rings is 1. The first-order valence-corrected chi connectivity index (χ1v) is 9.55. The van der Waals surface area contributed by atoms with Crippen molar-refractivity contribution in [3.63, 3.8) is 0 Å². The van der Waals surface area contributed by atoms with Crippen molar-refractivity contribution < 1.29 is 8.42 Å². The molecule has 0 atom stereocenters. The Balaban J connectivity index is 0.00000264. The molecule has 1 aromatic carbocycles. The Kier molecular flexibility index (Phi) is 8.63. The summed E-state index contributed by atoms with van der Waals surface area (Å²) < 4.78 is 24.4. The average molecular weight is 472 g/mol. The lowest BCUT2D eigenvalue weighted by molar-refractivity contribution is 0.429. The van der Waals surface area contributed by atoms with Crippen molar-refractivity contribution in [3.05, 3.63) is 29.3 Å². The van der Waals surface area contributed by atoms with Crippen molar-refractivity contribution in [3.8, 4) is 0 Å². The number of rotatable bonds is 4. The van der Waals surface area contributed by atoms with Crippen LogP contribution in [0.15, 0.2) is 34.2 Å². The first-order chi connectivity index (χ1) is 10.5. The van der Waals surface area contributed by atoms with Gasteiger partial charge < -0.3 is 10.6 Å². The third kappa shape index (κ3) is 6.46. The number of hydrogen-bond donors (Lipinski definition) is 1. The molecule has 23 heavy (non-hydrogen) atoms. The second-order valence-electron chi connectivity index (χ2n) is 5.41. The van der Waals surface area contributed by atoms with E-state index in [-0.39, 0.29) is 41.2 Å². The van der Waals surface area contributed by atoms with Crippen LogP contribution in [0.3, 0.4) is 0 Å². The Bertz CT molecular complexity index is 612. The molecule has 130 valence electrons. The van der Waals surface area contributed by atoms with E-state index < -0.39 is 9.84 Å². The van der Waals surface area contributed by atoms with Gasteiger partial charge in [0.05, 0.1) is 17.2 Å². The molecule has 0 unspecified atom stereocenters. The zero-order valence-electron chi connectivity index (χ0n) is 12.9. The van der Waals surface area contributed by atoms with Crippen LogP contribution in [0, 0.1) is 0 Å². The smallest absolute Gasteiger partial charge is 0.191 e. The van der Waals surface area contributed by atoms with Crippen LogP contribution in [-0.4, -0.2) is 44.7 Å². The molecule has 2 rings (SSSR count). The van der Waals surface area contributed by atoms with Crippen LogP contribution in [0.25, 0.3) is 0 Å². The molecule has 0 amide bonds. The van der Waals surface area contributed by atoms with Crippen LogP contribution in [-0.2, 0) is 9.84 Å². The Morgan fingerprint density at radius 3 is 2.26 bits per heavy atom. The third-order valence-electron chi connectivity index (χ3n) is 3.74. The molecule has 2 N–H and O–H groups in total. The molecule has 0 bridgehead atoms. The van der Waals surface area contributed by atoms with Crippen LogP contribution in [0.1, 0.15) is 25.7 Å². The highest BCUT2D eigenvalue weighted by atomic mass is 127. The molecule has 0 aromatic heterocycles. The monoisotopic (exact) mass is 471 g/mol. The summed E-state index contributed by atoms with van der Waals surface area (Å²) in [5.41, 5.74) is 5.97. The minimum absolute atomic E-state index is 0. The SMILES string of the molecule is I.NC(=NCCS(=O)(=O)c1ccc(Cl)cc1)N1CCCCCC1. The summed E-state index contributed by atoms with van der Waals surface area (Å²) in [6, 6.07) is 6.17.